The summed E-state index contributed by atoms with van der Waals surface area (Å²) in [5.41, 5.74) is 0.959. The van der Waals surface area contributed by atoms with Crippen molar-refractivity contribution in [3.05, 3.63) is 35.1 Å². The predicted octanol–water partition coefficient (Wildman–Crippen LogP) is 1.90. The Morgan fingerprint density at radius 3 is 2.94 bits per heavy atom. The van der Waals surface area contributed by atoms with Gasteiger partial charge in [-0.2, -0.15) is 0 Å². The van der Waals surface area contributed by atoms with Crippen molar-refractivity contribution < 1.29 is 13.9 Å². The molecule has 0 aliphatic carbocycles. The van der Waals surface area contributed by atoms with Crippen LogP contribution in [-0.4, -0.2) is 26.2 Å². The molecule has 3 nitrogen and oxygen atoms in total. The first-order valence-electron chi connectivity index (χ1n) is 5.18. The van der Waals surface area contributed by atoms with Crippen molar-refractivity contribution in [2.45, 2.75) is 13.3 Å². The average Bonchev–Trinajstić information content (AvgIpc) is 2.27. The van der Waals surface area contributed by atoms with Crippen LogP contribution in [0.25, 0.3) is 0 Å². The summed E-state index contributed by atoms with van der Waals surface area (Å²) in [4.78, 5) is 11.6. The van der Waals surface area contributed by atoms with Crippen molar-refractivity contribution in [2.75, 3.05) is 20.3 Å². The minimum atomic E-state index is -0.491. The Labute approximate surface area is 94.6 Å². The molecule has 0 aliphatic heterocycles. The number of halogens is 1. The van der Waals surface area contributed by atoms with Gasteiger partial charge in [0, 0.05) is 20.3 Å². The first kappa shape index (κ1) is 12.6. The number of hydrogen-bond donors (Lipinski definition) is 1. The standard InChI is InChI=1S/C12H16FNO2/c1-9-4-5-11(13)10(8-9)12(15)14-6-3-7-16-2/h4-5,8H,3,6-7H2,1-2H3,(H,14,15). The van der Waals surface area contributed by atoms with Crippen LogP contribution >= 0.6 is 0 Å². The number of carbonyl (C=O) groups excluding carboxylic acids is 1. The Kier molecular flexibility index (Phi) is 4.92. The summed E-state index contributed by atoms with van der Waals surface area (Å²) in [6.07, 6.45) is 0.718. The van der Waals surface area contributed by atoms with E-state index in [-0.39, 0.29) is 11.5 Å². The molecular formula is C12H16FNO2. The van der Waals surface area contributed by atoms with Gasteiger partial charge in [-0.3, -0.25) is 4.79 Å². The molecule has 0 aromatic heterocycles. The number of carbonyl (C=O) groups is 1. The Hall–Kier alpha value is -1.42. The lowest BCUT2D eigenvalue weighted by Gasteiger charge is -2.06. The number of hydrogen-bond acceptors (Lipinski definition) is 2. The fraction of sp³-hybridized carbons (Fsp3) is 0.417. The number of amides is 1. The number of benzene rings is 1. The summed E-state index contributed by atoms with van der Waals surface area (Å²) in [7, 11) is 1.60. The predicted molar refractivity (Wildman–Crippen MR) is 60.0 cm³/mol. The zero-order valence-corrected chi connectivity index (χ0v) is 9.55. The molecule has 1 amide bonds. The normalized spacial score (nSPS) is 10.2. The number of methoxy groups -OCH3 is 1. The van der Waals surface area contributed by atoms with Crippen LogP contribution in [0.3, 0.4) is 0 Å². The summed E-state index contributed by atoms with van der Waals surface area (Å²) < 4.78 is 18.2. The third kappa shape index (κ3) is 3.62. The SMILES string of the molecule is COCCCNC(=O)c1cc(C)ccc1F. The molecule has 88 valence electrons. The minimum absolute atomic E-state index is 0.0948. The van der Waals surface area contributed by atoms with E-state index in [2.05, 4.69) is 5.32 Å². The summed E-state index contributed by atoms with van der Waals surface area (Å²) in [6.45, 7) is 2.89. The third-order valence-corrected chi connectivity index (χ3v) is 2.18. The van der Waals surface area contributed by atoms with Crippen molar-refractivity contribution in [3.8, 4) is 0 Å². The summed E-state index contributed by atoms with van der Waals surface area (Å²) >= 11 is 0. The van der Waals surface area contributed by atoms with Crippen LogP contribution in [0.5, 0.6) is 0 Å². The molecule has 0 spiro atoms. The van der Waals surface area contributed by atoms with Crippen LogP contribution < -0.4 is 5.32 Å². The second-order valence-corrected chi connectivity index (χ2v) is 3.59. The number of ether oxygens (including phenoxy) is 1. The van der Waals surface area contributed by atoms with E-state index in [1.165, 1.54) is 6.07 Å². The topological polar surface area (TPSA) is 38.3 Å². The highest BCUT2D eigenvalue weighted by Gasteiger charge is 2.10. The number of nitrogens with one attached hydrogen (secondary N) is 1. The van der Waals surface area contributed by atoms with Gasteiger partial charge in [0.15, 0.2) is 0 Å². The summed E-state index contributed by atoms with van der Waals surface area (Å²) in [5.74, 6) is -0.868. The molecular weight excluding hydrogens is 209 g/mol. The van der Waals surface area contributed by atoms with Crippen molar-refractivity contribution in [1.82, 2.24) is 5.32 Å². The highest BCUT2D eigenvalue weighted by molar-refractivity contribution is 5.94. The average molecular weight is 225 g/mol. The van der Waals surface area contributed by atoms with Crippen molar-refractivity contribution >= 4 is 5.91 Å². The Balaban J connectivity index is 2.55. The van der Waals surface area contributed by atoms with Gasteiger partial charge in [0.2, 0.25) is 0 Å². The van der Waals surface area contributed by atoms with Crippen LogP contribution in [0.4, 0.5) is 4.39 Å². The maximum atomic E-state index is 13.3. The Bertz CT molecular complexity index is 366. The smallest absolute Gasteiger partial charge is 0.254 e. The lowest BCUT2D eigenvalue weighted by molar-refractivity contribution is 0.0944. The van der Waals surface area contributed by atoms with E-state index >= 15 is 0 Å². The molecule has 0 bridgehead atoms. The van der Waals surface area contributed by atoms with E-state index in [4.69, 9.17) is 4.74 Å². The van der Waals surface area contributed by atoms with Gasteiger partial charge in [0.1, 0.15) is 5.82 Å². The maximum Gasteiger partial charge on any atom is 0.254 e. The van der Waals surface area contributed by atoms with E-state index in [0.29, 0.717) is 13.2 Å². The van der Waals surface area contributed by atoms with Crippen molar-refractivity contribution in [3.63, 3.8) is 0 Å². The third-order valence-electron chi connectivity index (χ3n) is 2.18. The number of aryl methyl sites for hydroxylation is 1. The molecule has 1 rings (SSSR count). The molecule has 0 heterocycles. The maximum absolute atomic E-state index is 13.3. The van der Waals surface area contributed by atoms with Gasteiger partial charge in [0.05, 0.1) is 5.56 Å². The summed E-state index contributed by atoms with van der Waals surface area (Å²) in [6, 6.07) is 4.48. The lowest BCUT2D eigenvalue weighted by Crippen LogP contribution is -2.26. The molecule has 0 atom stereocenters. The van der Waals surface area contributed by atoms with Gasteiger partial charge in [-0.1, -0.05) is 11.6 Å². The molecule has 0 saturated carbocycles. The molecule has 0 radical (unpaired) electrons. The van der Waals surface area contributed by atoms with E-state index in [0.717, 1.165) is 12.0 Å². The van der Waals surface area contributed by atoms with Gasteiger partial charge >= 0.3 is 0 Å². The van der Waals surface area contributed by atoms with Gasteiger partial charge in [-0.25, -0.2) is 4.39 Å². The van der Waals surface area contributed by atoms with Crippen LogP contribution in [0.1, 0.15) is 22.3 Å². The Morgan fingerprint density at radius 1 is 1.50 bits per heavy atom. The van der Waals surface area contributed by atoms with Crippen molar-refractivity contribution in [2.24, 2.45) is 0 Å². The van der Waals surface area contributed by atoms with Gasteiger partial charge < -0.3 is 10.1 Å². The van der Waals surface area contributed by atoms with E-state index < -0.39 is 5.82 Å². The second-order valence-electron chi connectivity index (χ2n) is 3.59. The molecule has 1 aromatic carbocycles. The fourth-order valence-electron chi connectivity index (χ4n) is 1.33. The largest absolute Gasteiger partial charge is 0.385 e. The second kappa shape index (κ2) is 6.23. The zero-order chi connectivity index (χ0) is 12.0. The zero-order valence-electron chi connectivity index (χ0n) is 9.55. The van der Waals surface area contributed by atoms with E-state index in [1.807, 2.05) is 6.92 Å². The molecule has 4 heteroatoms. The lowest BCUT2D eigenvalue weighted by atomic mass is 10.1. The molecule has 16 heavy (non-hydrogen) atoms. The summed E-state index contributed by atoms with van der Waals surface area (Å²) in [5, 5.41) is 2.64. The monoisotopic (exact) mass is 225 g/mol. The minimum Gasteiger partial charge on any atom is -0.385 e. The fourth-order valence-corrected chi connectivity index (χ4v) is 1.33. The van der Waals surface area contributed by atoms with Crippen molar-refractivity contribution in [1.29, 1.82) is 0 Å². The van der Waals surface area contributed by atoms with Crippen LogP contribution in [-0.2, 0) is 4.74 Å². The van der Waals surface area contributed by atoms with E-state index in [9.17, 15) is 9.18 Å². The molecule has 0 aliphatic rings. The molecule has 0 saturated heterocycles. The van der Waals surface area contributed by atoms with Crippen LogP contribution in [0.15, 0.2) is 18.2 Å². The molecule has 0 fully saturated rings. The van der Waals surface area contributed by atoms with Gasteiger partial charge in [-0.15, -0.1) is 0 Å². The first-order valence-corrected chi connectivity index (χ1v) is 5.18. The quantitative estimate of drug-likeness (QED) is 0.777. The molecule has 1 N–H and O–H groups in total. The van der Waals surface area contributed by atoms with Gasteiger partial charge in [-0.05, 0) is 25.5 Å². The highest BCUT2D eigenvalue weighted by Crippen LogP contribution is 2.09. The molecule has 0 unspecified atom stereocenters. The molecule has 1 aromatic rings. The van der Waals surface area contributed by atoms with E-state index in [1.54, 1.807) is 19.2 Å². The van der Waals surface area contributed by atoms with Crippen LogP contribution in [0, 0.1) is 12.7 Å². The Morgan fingerprint density at radius 2 is 2.25 bits per heavy atom. The van der Waals surface area contributed by atoms with Crippen LogP contribution in [0.2, 0.25) is 0 Å². The van der Waals surface area contributed by atoms with Gasteiger partial charge in [0.25, 0.3) is 5.91 Å². The number of rotatable bonds is 5. The first-order chi connectivity index (χ1) is 7.65. The highest BCUT2D eigenvalue weighted by atomic mass is 19.1.